The molecule has 1 aromatic carbocycles. The average molecular weight is 439 g/mol. The van der Waals surface area contributed by atoms with Crippen LogP contribution in [0.4, 0.5) is 0 Å². The van der Waals surface area contributed by atoms with Crippen LogP contribution in [0.15, 0.2) is 35.2 Å². The van der Waals surface area contributed by atoms with E-state index in [1.165, 1.54) is 0 Å². The minimum absolute atomic E-state index is 0.103. The molecule has 0 heterocycles. The van der Waals surface area contributed by atoms with Crippen molar-refractivity contribution in [3.63, 3.8) is 0 Å². The second kappa shape index (κ2) is 11.4. The number of benzene rings is 1. The third-order valence-electron chi connectivity index (χ3n) is 5.44. The first-order valence-corrected chi connectivity index (χ1v) is 11.9. The number of nitrogens with zero attached hydrogens (tertiary/aromatic N) is 1. The molecule has 9 heteroatoms. The van der Waals surface area contributed by atoms with Crippen molar-refractivity contribution in [2.45, 2.75) is 43.5 Å². The van der Waals surface area contributed by atoms with Crippen molar-refractivity contribution in [3.05, 3.63) is 30.3 Å². The fraction of sp³-hybridized carbons (Fsp3) is 0.619. The fourth-order valence-corrected chi connectivity index (χ4v) is 4.63. The second-order valence-corrected chi connectivity index (χ2v) is 9.97. The second-order valence-electron chi connectivity index (χ2n) is 8.21. The number of carbonyl (C=O) groups is 2. The number of sulfonamides is 1. The molecule has 1 aliphatic carbocycles. The highest BCUT2D eigenvalue weighted by Gasteiger charge is 2.28. The molecule has 0 aliphatic heterocycles. The first-order valence-electron chi connectivity index (χ1n) is 10.5. The summed E-state index contributed by atoms with van der Waals surface area (Å²) < 4.78 is 27.3. The quantitative estimate of drug-likeness (QED) is 0.504. The van der Waals surface area contributed by atoms with Crippen LogP contribution >= 0.6 is 0 Å². The van der Waals surface area contributed by atoms with Crippen LogP contribution < -0.4 is 15.4 Å². The van der Waals surface area contributed by atoms with Gasteiger partial charge in [-0.3, -0.25) is 9.59 Å². The summed E-state index contributed by atoms with van der Waals surface area (Å²) in [6, 6.07) is 7.74. The van der Waals surface area contributed by atoms with E-state index in [1.54, 1.807) is 37.3 Å². The molecule has 3 N–H and O–H groups in total. The summed E-state index contributed by atoms with van der Waals surface area (Å²) in [7, 11) is 0.357. The Kier molecular flexibility index (Phi) is 9.26. The Hall–Kier alpha value is -1.97. The standard InChI is InChI=1S/C21H34N4O4S/c1-16(20(26)22-13-14-25(2)3)24-21(27)18-11-9-17(10-12-18)15-23-30(28,29)19-7-5-4-6-8-19/h4-8,16-18,23H,9-15H2,1-3H3,(H,22,26)(H,24,27). The Morgan fingerprint density at radius 2 is 1.73 bits per heavy atom. The molecule has 30 heavy (non-hydrogen) atoms. The molecule has 1 unspecified atom stereocenters. The highest BCUT2D eigenvalue weighted by Crippen LogP contribution is 2.29. The number of hydrogen-bond donors (Lipinski definition) is 3. The van der Waals surface area contributed by atoms with Gasteiger partial charge in [0.05, 0.1) is 4.90 Å². The van der Waals surface area contributed by atoms with Gasteiger partial charge >= 0.3 is 0 Å². The monoisotopic (exact) mass is 438 g/mol. The predicted molar refractivity (Wildman–Crippen MR) is 116 cm³/mol. The minimum Gasteiger partial charge on any atom is -0.353 e. The van der Waals surface area contributed by atoms with E-state index >= 15 is 0 Å². The summed E-state index contributed by atoms with van der Waals surface area (Å²) in [5, 5.41) is 5.62. The molecule has 1 saturated carbocycles. The van der Waals surface area contributed by atoms with Crippen molar-refractivity contribution >= 4 is 21.8 Å². The Morgan fingerprint density at radius 1 is 1.10 bits per heavy atom. The van der Waals surface area contributed by atoms with Gasteiger partial charge in [0.2, 0.25) is 21.8 Å². The van der Waals surface area contributed by atoms with E-state index in [9.17, 15) is 18.0 Å². The van der Waals surface area contributed by atoms with Crippen LogP contribution in [0.5, 0.6) is 0 Å². The lowest BCUT2D eigenvalue weighted by Crippen LogP contribution is -2.48. The van der Waals surface area contributed by atoms with Crippen LogP contribution in [0.2, 0.25) is 0 Å². The van der Waals surface area contributed by atoms with Crippen LogP contribution in [-0.2, 0) is 19.6 Å². The van der Waals surface area contributed by atoms with E-state index in [4.69, 9.17) is 0 Å². The number of hydrogen-bond acceptors (Lipinski definition) is 5. The van der Waals surface area contributed by atoms with Gasteiger partial charge in [-0.15, -0.1) is 0 Å². The maximum Gasteiger partial charge on any atom is 0.242 e. The van der Waals surface area contributed by atoms with Gasteiger partial charge in [0, 0.05) is 25.6 Å². The number of nitrogens with one attached hydrogen (secondary N) is 3. The Balaban J connectivity index is 1.72. The Morgan fingerprint density at radius 3 is 2.33 bits per heavy atom. The Bertz CT molecular complexity index is 790. The van der Waals surface area contributed by atoms with Gasteiger partial charge in [-0.2, -0.15) is 0 Å². The molecular formula is C21H34N4O4S. The molecule has 1 aromatic rings. The number of carbonyl (C=O) groups excluding carboxylic acids is 2. The van der Waals surface area contributed by atoms with E-state index in [1.807, 2.05) is 19.0 Å². The maximum absolute atomic E-state index is 12.5. The van der Waals surface area contributed by atoms with Gasteiger partial charge in [0.25, 0.3) is 0 Å². The minimum atomic E-state index is -3.50. The van der Waals surface area contributed by atoms with Gasteiger partial charge < -0.3 is 15.5 Å². The third kappa shape index (κ3) is 7.70. The van der Waals surface area contributed by atoms with Crippen LogP contribution in [0.1, 0.15) is 32.6 Å². The molecule has 1 atom stereocenters. The van der Waals surface area contributed by atoms with Crippen molar-refractivity contribution in [2.24, 2.45) is 11.8 Å². The molecule has 0 spiro atoms. The van der Waals surface area contributed by atoms with Gasteiger partial charge in [0.1, 0.15) is 6.04 Å². The summed E-state index contributed by atoms with van der Waals surface area (Å²) >= 11 is 0. The molecule has 1 aliphatic rings. The first kappa shape index (κ1) is 24.3. The number of likely N-dealkylation sites (N-methyl/N-ethyl adjacent to an activating group) is 1. The zero-order valence-corrected chi connectivity index (χ0v) is 18.9. The summed E-state index contributed by atoms with van der Waals surface area (Å²) in [5.41, 5.74) is 0. The summed E-state index contributed by atoms with van der Waals surface area (Å²) in [4.78, 5) is 26.8. The molecule has 2 amide bonds. The summed E-state index contributed by atoms with van der Waals surface area (Å²) in [5.74, 6) is -0.217. The molecule has 0 bridgehead atoms. The van der Waals surface area contributed by atoms with Crippen molar-refractivity contribution in [1.82, 2.24) is 20.3 Å². The lowest BCUT2D eigenvalue weighted by molar-refractivity contribution is -0.131. The molecule has 0 radical (unpaired) electrons. The van der Waals surface area contributed by atoms with Crippen molar-refractivity contribution in [1.29, 1.82) is 0 Å². The fourth-order valence-electron chi connectivity index (χ4n) is 3.49. The van der Waals surface area contributed by atoms with E-state index < -0.39 is 16.1 Å². The average Bonchev–Trinajstić information content (AvgIpc) is 2.73. The normalized spacial score (nSPS) is 20.5. The predicted octanol–water partition coefficient (Wildman–Crippen LogP) is 0.954. The van der Waals surface area contributed by atoms with Gasteiger partial charge in [-0.1, -0.05) is 18.2 Å². The lowest BCUT2D eigenvalue weighted by Gasteiger charge is -2.28. The molecule has 8 nitrogen and oxygen atoms in total. The molecule has 168 valence electrons. The van der Waals surface area contributed by atoms with Gasteiger partial charge in [0.15, 0.2) is 0 Å². The summed E-state index contributed by atoms with van der Waals surface area (Å²) in [6.45, 7) is 3.34. The van der Waals surface area contributed by atoms with Crippen molar-refractivity contribution < 1.29 is 18.0 Å². The van der Waals surface area contributed by atoms with Crippen LogP contribution in [0, 0.1) is 11.8 Å². The lowest BCUT2D eigenvalue weighted by atomic mass is 9.81. The molecule has 0 saturated heterocycles. The topological polar surface area (TPSA) is 108 Å². The van der Waals surface area contributed by atoms with Crippen LogP contribution in [0.3, 0.4) is 0 Å². The van der Waals surface area contributed by atoms with E-state index in [0.29, 0.717) is 25.9 Å². The number of rotatable bonds is 10. The van der Waals surface area contributed by atoms with Gasteiger partial charge in [-0.05, 0) is 64.8 Å². The van der Waals surface area contributed by atoms with E-state index in [2.05, 4.69) is 15.4 Å². The molecular weight excluding hydrogens is 404 g/mol. The van der Waals surface area contributed by atoms with Crippen molar-refractivity contribution in [3.8, 4) is 0 Å². The van der Waals surface area contributed by atoms with Crippen LogP contribution in [-0.4, -0.2) is 64.9 Å². The summed E-state index contributed by atoms with van der Waals surface area (Å²) in [6.07, 6.45) is 2.94. The zero-order valence-electron chi connectivity index (χ0n) is 18.1. The third-order valence-corrected chi connectivity index (χ3v) is 6.88. The largest absolute Gasteiger partial charge is 0.353 e. The highest BCUT2D eigenvalue weighted by atomic mass is 32.2. The first-order chi connectivity index (χ1) is 14.2. The molecule has 0 aromatic heterocycles. The van der Waals surface area contributed by atoms with E-state index in [-0.39, 0.29) is 28.5 Å². The van der Waals surface area contributed by atoms with Crippen LogP contribution in [0.25, 0.3) is 0 Å². The molecule has 1 fully saturated rings. The smallest absolute Gasteiger partial charge is 0.242 e. The maximum atomic E-state index is 12.5. The van der Waals surface area contributed by atoms with E-state index in [0.717, 1.165) is 19.4 Å². The van der Waals surface area contributed by atoms with Crippen molar-refractivity contribution in [2.75, 3.05) is 33.7 Å². The molecule has 2 rings (SSSR count). The number of amides is 2. The SMILES string of the molecule is CC(NC(=O)C1CCC(CNS(=O)(=O)c2ccccc2)CC1)C(=O)NCCN(C)C. The van der Waals surface area contributed by atoms with Gasteiger partial charge in [-0.25, -0.2) is 13.1 Å². The zero-order chi connectivity index (χ0) is 22.1. The highest BCUT2D eigenvalue weighted by molar-refractivity contribution is 7.89. The Labute approximate surface area is 179 Å².